The number of fused-ring (bicyclic) bond motifs is 2. The summed E-state index contributed by atoms with van der Waals surface area (Å²) in [5, 5.41) is 2.86. The highest BCUT2D eigenvalue weighted by Crippen LogP contribution is 2.09. The molecule has 38 valence electrons. The number of nitrogens with one attached hydrogen (secondary N) is 1. The molecule has 2 aliphatic heterocycles. The lowest BCUT2D eigenvalue weighted by atomic mass is 10.7. The Morgan fingerprint density at radius 2 is 2.57 bits per heavy atom. The van der Waals surface area contributed by atoms with Crippen molar-refractivity contribution in [2.45, 2.75) is 12.6 Å². The van der Waals surface area contributed by atoms with Gasteiger partial charge in [0.1, 0.15) is 0 Å². The summed E-state index contributed by atoms with van der Waals surface area (Å²) in [5.74, 6) is 0. The SMILES string of the molecule is C1=NC2NC1OO2. The summed E-state index contributed by atoms with van der Waals surface area (Å²) in [4.78, 5) is 13.0. The smallest absolute Gasteiger partial charge is 0.238 e. The first-order valence-corrected chi connectivity index (χ1v) is 2.07. The van der Waals surface area contributed by atoms with Crippen molar-refractivity contribution in [3.8, 4) is 0 Å². The number of rotatable bonds is 0. The van der Waals surface area contributed by atoms with Crippen LogP contribution in [-0.2, 0) is 9.78 Å². The maximum absolute atomic E-state index is 4.59. The van der Waals surface area contributed by atoms with Crippen LogP contribution in [0.3, 0.4) is 0 Å². The molecule has 2 bridgehead atoms. The predicted molar refractivity (Wildman–Crippen MR) is 21.4 cm³/mol. The second-order valence-electron chi connectivity index (χ2n) is 1.43. The zero-order valence-electron chi connectivity index (χ0n) is 3.50. The second kappa shape index (κ2) is 1.03. The maximum Gasteiger partial charge on any atom is 0.238 e. The summed E-state index contributed by atoms with van der Waals surface area (Å²) in [6.07, 6.45) is 1.35. The minimum atomic E-state index is -0.231. The van der Waals surface area contributed by atoms with E-state index >= 15 is 0 Å². The first-order valence-electron chi connectivity index (χ1n) is 2.07. The Labute approximate surface area is 40.1 Å². The lowest BCUT2D eigenvalue weighted by Gasteiger charge is -1.96. The lowest BCUT2D eigenvalue weighted by Crippen LogP contribution is -2.21. The molecule has 0 spiro atoms. The molecule has 0 amide bonds. The molecule has 0 aromatic rings. The van der Waals surface area contributed by atoms with Crippen LogP contribution >= 0.6 is 0 Å². The predicted octanol–water partition coefficient (Wildman–Crippen LogP) is -0.768. The van der Waals surface area contributed by atoms with E-state index in [4.69, 9.17) is 0 Å². The van der Waals surface area contributed by atoms with Crippen LogP contribution in [0, 0.1) is 0 Å². The molecule has 7 heavy (non-hydrogen) atoms. The highest BCUT2D eigenvalue weighted by atomic mass is 17.2. The molecular formula is C3H4N2O2. The van der Waals surface area contributed by atoms with E-state index in [9.17, 15) is 0 Å². The average Bonchev–Trinajstić information content (AvgIpc) is 2.22. The fourth-order valence-corrected chi connectivity index (χ4v) is 0.601. The summed E-state index contributed by atoms with van der Waals surface area (Å²) in [5.41, 5.74) is 0. The highest BCUT2D eigenvalue weighted by Gasteiger charge is 2.28. The Kier molecular flexibility index (Phi) is 0.522. The largest absolute Gasteiger partial charge is 0.245 e. The summed E-state index contributed by atoms with van der Waals surface area (Å²) in [6.45, 7) is 0. The van der Waals surface area contributed by atoms with E-state index in [1.165, 1.54) is 0 Å². The Balaban J connectivity index is 2.27. The number of nitrogens with zero attached hydrogens (tertiary/aromatic N) is 1. The van der Waals surface area contributed by atoms with E-state index in [-0.39, 0.29) is 12.6 Å². The normalized spacial score (nSPS) is 45.7. The maximum atomic E-state index is 4.59. The van der Waals surface area contributed by atoms with Gasteiger partial charge < -0.3 is 0 Å². The number of aliphatic imine (C=N–C) groups is 1. The van der Waals surface area contributed by atoms with Crippen LogP contribution in [0.1, 0.15) is 0 Å². The Morgan fingerprint density at radius 3 is 2.71 bits per heavy atom. The first-order chi connectivity index (χ1) is 3.45. The highest BCUT2D eigenvalue weighted by molar-refractivity contribution is 5.65. The molecule has 2 aliphatic rings. The molecule has 2 atom stereocenters. The molecule has 0 aliphatic carbocycles. The molecular weight excluding hydrogens is 96.0 g/mol. The summed E-state index contributed by atoms with van der Waals surface area (Å²) in [7, 11) is 0. The Hall–Kier alpha value is -0.450. The van der Waals surface area contributed by atoms with Gasteiger partial charge in [0, 0.05) is 0 Å². The summed E-state index contributed by atoms with van der Waals surface area (Å²) >= 11 is 0. The van der Waals surface area contributed by atoms with Crippen LogP contribution in [-0.4, -0.2) is 18.8 Å². The van der Waals surface area contributed by atoms with E-state index in [1.807, 2.05) is 0 Å². The minimum Gasteiger partial charge on any atom is -0.245 e. The van der Waals surface area contributed by atoms with Gasteiger partial charge >= 0.3 is 0 Å². The van der Waals surface area contributed by atoms with Gasteiger partial charge in [-0.15, -0.1) is 0 Å². The molecule has 1 saturated heterocycles. The van der Waals surface area contributed by atoms with Gasteiger partial charge in [0.2, 0.25) is 6.35 Å². The third-order valence-electron chi connectivity index (χ3n) is 0.914. The van der Waals surface area contributed by atoms with Crippen molar-refractivity contribution in [2.75, 3.05) is 0 Å². The Bertz CT molecular complexity index is 102. The van der Waals surface area contributed by atoms with E-state index in [0.29, 0.717) is 0 Å². The topological polar surface area (TPSA) is 42.9 Å². The van der Waals surface area contributed by atoms with Crippen molar-refractivity contribution in [1.82, 2.24) is 5.32 Å². The quantitative estimate of drug-likeness (QED) is 0.406. The zero-order valence-corrected chi connectivity index (χ0v) is 3.50. The van der Waals surface area contributed by atoms with Gasteiger partial charge in [-0.2, -0.15) is 4.89 Å². The third kappa shape index (κ3) is 0.381. The second-order valence-corrected chi connectivity index (χ2v) is 1.43. The molecule has 0 saturated carbocycles. The van der Waals surface area contributed by atoms with Crippen molar-refractivity contribution < 1.29 is 9.78 Å². The van der Waals surface area contributed by atoms with Crippen LogP contribution in [0.25, 0.3) is 0 Å². The van der Waals surface area contributed by atoms with Gasteiger partial charge in [0.25, 0.3) is 0 Å². The average molecular weight is 100 g/mol. The minimum absolute atomic E-state index is 0.0926. The molecule has 0 radical (unpaired) electrons. The summed E-state index contributed by atoms with van der Waals surface area (Å²) < 4.78 is 0. The van der Waals surface area contributed by atoms with E-state index in [2.05, 4.69) is 20.1 Å². The molecule has 1 N–H and O–H groups in total. The first kappa shape index (κ1) is 3.54. The fourth-order valence-electron chi connectivity index (χ4n) is 0.601. The van der Waals surface area contributed by atoms with E-state index in [1.54, 1.807) is 6.21 Å². The van der Waals surface area contributed by atoms with Gasteiger partial charge in [-0.05, 0) is 0 Å². The van der Waals surface area contributed by atoms with Crippen LogP contribution in [0.4, 0.5) is 0 Å². The molecule has 0 aromatic carbocycles. The van der Waals surface area contributed by atoms with Crippen molar-refractivity contribution in [3.05, 3.63) is 0 Å². The molecule has 0 aromatic heterocycles. The van der Waals surface area contributed by atoms with Crippen LogP contribution < -0.4 is 5.32 Å². The van der Waals surface area contributed by atoms with Gasteiger partial charge in [0.15, 0.2) is 6.23 Å². The van der Waals surface area contributed by atoms with Crippen molar-refractivity contribution in [3.63, 3.8) is 0 Å². The van der Waals surface area contributed by atoms with E-state index < -0.39 is 0 Å². The zero-order chi connectivity index (χ0) is 4.69. The molecule has 4 heteroatoms. The third-order valence-corrected chi connectivity index (χ3v) is 0.914. The molecule has 2 rings (SSSR count). The van der Waals surface area contributed by atoms with Gasteiger partial charge in [0.05, 0.1) is 6.21 Å². The molecule has 4 nitrogen and oxygen atoms in total. The Morgan fingerprint density at radius 1 is 1.57 bits per heavy atom. The fraction of sp³-hybridized carbons (Fsp3) is 0.667. The van der Waals surface area contributed by atoms with Crippen molar-refractivity contribution in [1.29, 1.82) is 0 Å². The van der Waals surface area contributed by atoms with Gasteiger partial charge in [-0.3, -0.25) is 0 Å². The van der Waals surface area contributed by atoms with E-state index in [0.717, 1.165) is 0 Å². The molecule has 2 unspecified atom stereocenters. The van der Waals surface area contributed by atoms with Crippen LogP contribution in [0.2, 0.25) is 0 Å². The molecule has 1 fully saturated rings. The number of hydrogen-bond donors (Lipinski definition) is 1. The lowest BCUT2D eigenvalue weighted by molar-refractivity contribution is -0.288. The number of hydrogen-bond acceptors (Lipinski definition) is 4. The van der Waals surface area contributed by atoms with Crippen molar-refractivity contribution >= 4 is 6.21 Å². The molecule has 2 heterocycles. The standard InChI is InChI=1S/C3H4N2O2/c1-2-5-3(4-1)7-6-2/h1-3,5H. The van der Waals surface area contributed by atoms with Crippen molar-refractivity contribution in [2.24, 2.45) is 4.99 Å². The van der Waals surface area contributed by atoms with Gasteiger partial charge in [-0.25, -0.2) is 15.2 Å². The van der Waals surface area contributed by atoms with Crippen LogP contribution in [0.5, 0.6) is 0 Å². The summed E-state index contributed by atoms with van der Waals surface area (Å²) in [6, 6.07) is 0. The van der Waals surface area contributed by atoms with Crippen LogP contribution in [0.15, 0.2) is 4.99 Å². The van der Waals surface area contributed by atoms with Gasteiger partial charge in [-0.1, -0.05) is 0 Å². The monoisotopic (exact) mass is 100 g/mol.